The average Bonchev–Trinajstić information content (AvgIpc) is 2.59. The van der Waals surface area contributed by atoms with Gasteiger partial charge in [0.2, 0.25) is 0 Å². The zero-order valence-electron chi connectivity index (χ0n) is 8.61. The Morgan fingerprint density at radius 2 is 1.93 bits per heavy atom. The minimum absolute atomic E-state index is 0.204. The van der Waals surface area contributed by atoms with Gasteiger partial charge in [-0.05, 0) is 32.1 Å². The van der Waals surface area contributed by atoms with Crippen LogP contribution < -0.4 is 5.32 Å². The van der Waals surface area contributed by atoms with Gasteiger partial charge in [-0.2, -0.15) is 0 Å². The van der Waals surface area contributed by atoms with E-state index in [1.807, 2.05) is 0 Å². The Hall–Kier alpha value is -1.26. The molecule has 0 aromatic rings. The molecule has 1 aliphatic heterocycles. The van der Waals surface area contributed by atoms with Crippen molar-refractivity contribution in [3.63, 3.8) is 0 Å². The van der Waals surface area contributed by atoms with Crippen molar-refractivity contribution in [1.29, 1.82) is 0 Å². The van der Waals surface area contributed by atoms with Crippen molar-refractivity contribution in [3.8, 4) is 0 Å². The Bertz CT molecular complexity index is 276. The third-order valence-corrected chi connectivity index (χ3v) is 3.23. The van der Waals surface area contributed by atoms with Crippen LogP contribution >= 0.6 is 0 Å². The maximum Gasteiger partial charge on any atom is 0.326 e. The van der Waals surface area contributed by atoms with Crippen molar-refractivity contribution in [2.45, 2.75) is 44.2 Å². The highest BCUT2D eigenvalue weighted by atomic mass is 16.4. The van der Waals surface area contributed by atoms with E-state index in [1.54, 1.807) is 0 Å². The molecule has 2 aliphatic rings. The molecule has 2 amide bonds. The fourth-order valence-electron chi connectivity index (χ4n) is 2.08. The number of aliphatic carboxylic acids is 1. The van der Waals surface area contributed by atoms with E-state index in [2.05, 4.69) is 5.32 Å². The van der Waals surface area contributed by atoms with Crippen molar-refractivity contribution in [3.05, 3.63) is 0 Å². The maximum absolute atomic E-state index is 11.7. The van der Waals surface area contributed by atoms with Crippen LogP contribution in [0.4, 0.5) is 4.79 Å². The Labute approximate surface area is 88.4 Å². The Morgan fingerprint density at radius 1 is 1.20 bits per heavy atom. The SMILES string of the molecule is O=C(O)[C@H]1CCCN1C(=O)NC1CCC1. The lowest BCUT2D eigenvalue weighted by Crippen LogP contribution is -2.50. The Balaban J connectivity index is 1.90. The molecule has 0 radical (unpaired) electrons. The van der Waals surface area contributed by atoms with E-state index in [4.69, 9.17) is 5.11 Å². The van der Waals surface area contributed by atoms with Gasteiger partial charge in [0.1, 0.15) is 6.04 Å². The summed E-state index contributed by atoms with van der Waals surface area (Å²) in [6.45, 7) is 0.565. The lowest BCUT2D eigenvalue weighted by molar-refractivity contribution is -0.141. The van der Waals surface area contributed by atoms with Crippen LogP contribution in [0.2, 0.25) is 0 Å². The minimum atomic E-state index is -0.892. The molecule has 1 atom stereocenters. The number of carboxylic acids is 1. The number of carbonyl (C=O) groups excluding carboxylic acids is 1. The number of likely N-dealkylation sites (tertiary alicyclic amines) is 1. The molecule has 1 saturated carbocycles. The van der Waals surface area contributed by atoms with Crippen LogP contribution in [0.25, 0.3) is 0 Å². The molecule has 2 fully saturated rings. The van der Waals surface area contributed by atoms with Crippen LogP contribution in [-0.2, 0) is 4.79 Å². The second-order valence-electron chi connectivity index (χ2n) is 4.27. The predicted molar refractivity (Wildman–Crippen MR) is 53.5 cm³/mol. The number of hydrogen-bond acceptors (Lipinski definition) is 2. The second kappa shape index (κ2) is 4.08. The zero-order valence-corrected chi connectivity index (χ0v) is 8.61. The van der Waals surface area contributed by atoms with Gasteiger partial charge in [0.15, 0.2) is 0 Å². The third kappa shape index (κ3) is 2.06. The molecular formula is C10H16N2O3. The largest absolute Gasteiger partial charge is 0.480 e. The molecule has 2 N–H and O–H groups in total. The molecule has 1 saturated heterocycles. The van der Waals surface area contributed by atoms with E-state index in [1.165, 1.54) is 4.90 Å². The molecule has 5 heteroatoms. The van der Waals surface area contributed by atoms with Gasteiger partial charge in [-0.3, -0.25) is 0 Å². The topological polar surface area (TPSA) is 69.6 Å². The van der Waals surface area contributed by atoms with E-state index >= 15 is 0 Å². The van der Waals surface area contributed by atoms with Crippen LogP contribution in [0.3, 0.4) is 0 Å². The number of rotatable bonds is 2. The zero-order chi connectivity index (χ0) is 10.8. The number of nitrogens with zero attached hydrogens (tertiary/aromatic N) is 1. The number of hydrogen-bond donors (Lipinski definition) is 2. The van der Waals surface area contributed by atoms with Crippen LogP contribution in [0, 0.1) is 0 Å². The summed E-state index contributed by atoms with van der Waals surface area (Å²) in [5.74, 6) is -0.892. The third-order valence-electron chi connectivity index (χ3n) is 3.23. The number of carboxylic acid groups (broad SMARTS) is 1. The van der Waals surface area contributed by atoms with Gasteiger partial charge in [-0.15, -0.1) is 0 Å². The van der Waals surface area contributed by atoms with Gasteiger partial charge in [-0.25, -0.2) is 9.59 Å². The van der Waals surface area contributed by atoms with Crippen LogP contribution in [0.15, 0.2) is 0 Å². The lowest BCUT2D eigenvalue weighted by Gasteiger charge is -2.30. The highest BCUT2D eigenvalue weighted by molar-refractivity contribution is 5.83. The first-order valence-corrected chi connectivity index (χ1v) is 5.48. The summed E-state index contributed by atoms with van der Waals surface area (Å²) in [5, 5.41) is 11.8. The standard InChI is InChI=1S/C10H16N2O3/c13-9(14)8-5-2-6-12(8)10(15)11-7-3-1-4-7/h7-8H,1-6H2,(H,11,15)(H,13,14)/t8-/m1/s1. The highest BCUT2D eigenvalue weighted by Crippen LogP contribution is 2.21. The summed E-state index contributed by atoms with van der Waals surface area (Å²) in [7, 11) is 0. The molecule has 0 aromatic heterocycles. The Kier molecular flexibility index (Phi) is 2.79. The summed E-state index contributed by atoms with van der Waals surface area (Å²) in [6.07, 6.45) is 4.57. The van der Waals surface area contributed by atoms with Gasteiger partial charge in [0.05, 0.1) is 0 Å². The Morgan fingerprint density at radius 3 is 2.47 bits per heavy atom. The molecule has 2 rings (SSSR count). The van der Waals surface area contributed by atoms with Gasteiger partial charge in [0, 0.05) is 12.6 Å². The predicted octanol–water partition coefficient (Wildman–Crippen LogP) is 0.797. The molecule has 84 valence electrons. The maximum atomic E-state index is 11.7. The van der Waals surface area contributed by atoms with E-state index < -0.39 is 12.0 Å². The first kappa shape index (κ1) is 10.3. The van der Waals surface area contributed by atoms with E-state index in [0.717, 1.165) is 25.7 Å². The number of amides is 2. The average molecular weight is 212 g/mol. The summed E-state index contributed by atoms with van der Waals surface area (Å²) >= 11 is 0. The first-order chi connectivity index (χ1) is 7.18. The van der Waals surface area contributed by atoms with Crippen molar-refractivity contribution < 1.29 is 14.7 Å². The fourth-order valence-corrected chi connectivity index (χ4v) is 2.08. The van der Waals surface area contributed by atoms with E-state index in [9.17, 15) is 9.59 Å². The monoisotopic (exact) mass is 212 g/mol. The van der Waals surface area contributed by atoms with Gasteiger partial charge in [-0.1, -0.05) is 0 Å². The smallest absolute Gasteiger partial charge is 0.326 e. The summed E-state index contributed by atoms with van der Waals surface area (Å²) in [5.41, 5.74) is 0. The van der Waals surface area contributed by atoms with Crippen LogP contribution in [0.5, 0.6) is 0 Å². The molecule has 15 heavy (non-hydrogen) atoms. The van der Waals surface area contributed by atoms with Crippen LogP contribution in [0.1, 0.15) is 32.1 Å². The number of nitrogens with one attached hydrogen (secondary N) is 1. The van der Waals surface area contributed by atoms with Crippen molar-refractivity contribution in [1.82, 2.24) is 10.2 Å². The van der Waals surface area contributed by atoms with Crippen molar-refractivity contribution >= 4 is 12.0 Å². The molecule has 1 aliphatic carbocycles. The second-order valence-corrected chi connectivity index (χ2v) is 4.27. The highest BCUT2D eigenvalue weighted by Gasteiger charge is 2.35. The van der Waals surface area contributed by atoms with Crippen molar-refractivity contribution in [2.24, 2.45) is 0 Å². The van der Waals surface area contributed by atoms with Gasteiger partial charge >= 0.3 is 12.0 Å². The summed E-state index contributed by atoms with van der Waals surface area (Å²) in [6, 6.07) is -0.553. The van der Waals surface area contributed by atoms with Crippen LogP contribution in [-0.4, -0.2) is 40.6 Å². The minimum Gasteiger partial charge on any atom is -0.480 e. The molecule has 0 spiro atoms. The molecule has 5 nitrogen and oxygen atoms in total. The fraction of sp³-hybridized carbons (Fsp3) is 0.800. The van der Waals surface area contributed by atoms with Gasteiger partial charge in [0.25, 0.3) is 0 Å². The van der Waals surface area contributed by atoms with Crippen molar-refractivity contribution in [2.75, 3.05) is 6.54 Å². The quantitative estimate of drug-likeness (QED) is 0.711. The normalized spacial score (nSPS) is 26.1. The summed E-state index contributed by atoms with van der Waals surface area (Å²) < 4.78 is 0. The molecule has 0 aromatic carbocycles. The van der Waals surface area contributed by atoms with E-state index in [-0.39, 0.29) is 12.1 Å². The molecule has 0 unspecified atom stereocenters. The molecule has 1 heterocycles. The molecular weight excluding hydrogens is 196 g/mol. The molecule has 0 bridgehead atoms. The van der Waals surface area contributed by atoms with Gasteiger partial charge < -0.3 is 15.3 Å². The summed E-state index contributed by atoms with van der Waals surface area (Å²) in [4.78, 5) is 24.0. The van der Waals surface area contributed by atoms with E-state index in [0.29, 0.717) is 13.0 Å². The number of carbonyl (C=O) groups is 2. The number of urea groups is 1. The first-order valence-electron chi connectivity index (χ1n) is 5.48. The lowest BCUT2D eigenvalue weighted by atomic mass is 9.93.